The van der Waals surface area contributed by atoms with E-state index < -0.39 is 5.63 Å². The van der Waals surface area contributed by atoms with E-state index in [9.17, 15) is 4.79 Å². The standard InChI is InChI=1S/C19H15NO4/c1-12-16-8-7-15(23-10-9-20)11-17(16)24-19(21)18(12)13-3-5-14(22-2)6-4-13/h3-8,11H,10H2,1-2H3. The third kappa shape index (κ3) is 2.82. The number of nitriles is 1. The molecule has 5 nitrogen and oxygen atoms in total. The average molecular weight is 321 g/mol. The molecule has 0 spiro atoms. The van der Waals surface area contributed by atoms with Gasteiger partial charge in [-0.2, -0.15) is 5.26 Å². The molecule has 2 aromatic carbocycles. The van der Waals surface area contributed by atoms with Gasteiger partial charge in [-0.1, -0.05) is 12.1 Å². The summed E-state index contributed by atoms with van der Waals surface area (Å²) in [4.78, 5) is 12.4. The Balaban J connectivity index is 2.13. The van der Waals surface area contributed by atoms with E-state index in [1.54, 1.807) is 31.4 Å². The third-order valence-corrected chi connectivity index (χ3v) is 3.82. The molecule has 24 heavy (non-hydrogen) atoms. The summed E-state index contributed by atoms with van der Waals surface area (Å²) in [5, 5.41) is 9.40. The molecule has 120 valence electrons. The second kappa shape index (κ2) is 6.47. The lowest BCUT2D eigenvalue weighted by Gasteiger charge is -2.10. The number of hydrogen-bond donors (Lipinski definition) is 0. The highest BCUT2D eigenvalue weighted by atomic mass is 16.5. The third-order valence-electron chi connectivity index (χ3n) is 3.82. The van der Waals surface area contributed by atoms with Crippen molar-refractivity contribution in [3.05, 3.63) is 58.4 Å². The van der Waals surface area contributed by atoms with Gasteiger partial charge < -0.3 is 13.9 Å². The van der Waals surface area contributed by atoms with Crippen LogP contribution in [0.1, 0.15) is 5.56 Å². The van der Waals surface area contributed by atoms with Gasteiger partial charge in [0.05, 0.1) is 12.7 Å². The fourth-order valence-electron chi connectivity index (χ4n) is 2.63. The quantitative estimate of drug-likeness (QED) is 0.685. The minimum Gasteiger partial charge on any atom is -0.497 e. The first-order chi connectivity index (χ1) is 11.6. The number of benzene rings is 2. The normalized spacial score (nSPS) is 10.4. The molecule has 0 saturated carbocycles. The van der Waals surface area contributed by atoms with Crippen LogP contribution in [0.3, 0.4) is 0 Å². The van der Waals surface area contributed by atoms with Gasteiger partial charge in [0.2, 0.25) is 0 Å². The lowest BCUT2D eigenvalue weighted by molar-refractivity contribution is 0.368. The van der Waals surface area contributed by atoms with Crippen LogP contribution in [0.2, 0.25) is 0 Å². The van der Waals surface area contributed by atoms with Gasteiger partial charge in [0.25, 0.3) is 0 Å². The summed E-state index contributed by atoms with van der Waals surface area (Å²) in [6, 6.07) is 14.4. The van der Waals surface area contributed by atoms with Gasteiger partial charge in [-0.3, -0.25) is 0 Å². The van der Waals surface area contributed by atoms with E-state index in [4.69, 9.17) is 19.2 Å². The molecule has 5 heteroatoms. The molecule has 1 aromatic heterocycles. The second-order valence-electron chi connectivity index (χ2n) is 5.22. The summed E-state index contributed by atoms with van der Waals surface area (Å²) in [5.74, 6) is 1.21. The van der Waals surface area contributed by atoms with E-state index in [2.05, 4.69) is 0 Å². The summed E-state index contributed by atoms with van der Waals surface area (Å²) < 4.78 is 15.8. The van der Waals surface area contributed by atoms with Crippen molar-refractivity contribution in [1.82, 2.24) is 0 Å². The first kappa shape index (κ1) is 15.6. The zero-order valence-corrected chi connectivity index (χ0v) is 13.3. The van der Waals surface area contributed by atoms with E-state index in [0.29, 0.717) is 16.9 Å². The van der Waals surface area contributed by atoms with E-state index in [1.165, 1.54) is 0 Å². The second-order valence-corrected chi connectivity index (χ2v) is 5.22. The number of nitrogens with zero attached hydrogens (tertiary/aromatic N) is 1. The molecule has 0 bridgehead atoms. The molecule has 1 heterocycles. The lowest BCUT2D eigenvalue weighted by Crippen LogP contribution is -2.06. The largest absolute Gasteiger partial charge is 0.497 e. The summed E-state index contributed by atoms with van der Waals surface area (Å²) in [7, 11) is 1.59. The Morgan fingerprint density at radius 3 is 2.50 bits per heavy atom. The Morgan fingerprint density at radius 2 is 1.83 bits per heavy atom. The highest BCUT2D eigenvalue weighted by Gasteiger charge is 2.14. The number of methoxy groups -OCH3 is 1. The fraction of sp³-hybridized carbons (Fsp3) is 0.158. The van der Waals surface area contributed by atoms with Crippen molar-refractivity contribution in [3.8, 4) is 28.7 Å². The van der Waals surface area contributed by atoms with Crippen molar-refractivity contribution in [3.63, 3.8) is 0 Å². The summed E-state index contributed by atoms with van der Waals surface area (Å²) in [5.41, 5.74) is 2.15. The van der Waals surface area contributed by atoms with Gasteiger partial charge in [0.1, 0.15) is 23.2 Å². The molecular formula is C19H15NO4. The van der Waals surface area contributed by atoms with Gasteiger partial charge in [-0.15, -0.1) is 0 Å². The van der Waals surface area contributed by atoms with Crippen molar-refractivity contribution < 1.29 is 13.9 Å². The Kier molecular flexibility index (Phi) is 4.21. The molecule has 0 amide bonds. The van der Waals surface area contributed by atoms with Gasteiger partial charge in [0, 0.05) is 11.5 Å². The molecule has 0 unspecified atom stereocenters. The highest BCUT2D eigenvalue weighted by molar-refractivity contribution is 5.87. The number of fused-ring (bicyclic) bond motifs is 1. The van der Waals surface area contributed by atoms with Gasteiger partial charge in [-0.25, -0.2) is 4.79 Å². The van der Waals surface area contributed by atoms with E-state index in [1.807, 2.05) is 31.2 Å². The van der Waals surface area contributed by atoms with Crippen molar-refractivity contribution in [2.45, 2.75) is 6.92 Å². The zero-order valence-electron chi connectivity index (χ0n) is 13.3. The summed E-state index contributed by atoms with van der Waals surface area (Å²) in [6.07, 6.45) is 0. The van der Waals surface area contributed by atoms with Crippen LogP contribution >= 0.6 is 0 Å². The van der Waals surface area contributed by atoms with Crippen LogP contribution in [0.5, 0.6) is 11.5 Å². The monoisotopic (exact) mass is 321 g/mol. The smallest absolute Gasteiger partial charge is 0.344 e. The van der Waals surface area contributed by atoms with Crippen LogP contribution in [0.25, 0.3) is 22.1 Å². The Morgan fingerprint density at radius 1 is 1.12 bits per heavy atom. The molecule has 0 saturated heterocycles. The molecule has 0 aliphatic heterocycles. The first-order valence-electron chi connectivity index (χ1n) is 7.35. The Hall–Kier alpha value is -3.26. The number of rotatable bonds is 4. The van der Waals surface area contributed by atoms with Crippen LogP contribution in [-0.4, -0.2) is 13.7 Å². The van der Waals surface area contributed by atoms with Crippen molar-refractivity contribution in [2.75, 3.05) is 13.7 Å². The lowest BCUT2D eigenvalue weighted by atomic mass is 9.99. The van der Waals surface area contributed by atoms with Gasteiger partial charge in [-0.05, 0) is 42.3 Å². The highest BCUT2D eigenvalue weighted by Crippen LogP contribution is 2.29. The van der Waals surface area contributed by atoms with Gasteiger partial charge >= 0.3 is 5.63 Å². The molecule has 0 radical (unpaired) electrons. The van der Waals surface area contributed by atoms with E-state index in [-0.39, 0.29) is 6.61 Å². The minimum atomic E-state index is -0.414. The van der Waals surface area contributed by atoms with Crippen LogP contribution in [0, 0.1) is 18.3 Å². The molecule has 0 N–H and O–H groups in total. The predicted molar refractivity (Wildman–Crippen MR) is 90.3 cm³/mol. The molecule has 0 fully saturated rings. The predicted octanol–water partition coefficient (Wildman–Crippen LogP) is 3.68. The molecule has 0 aliphatic rings. The number of aryl methyl sites for hydroxylation is 1. The van der Waals surface area contributed by atoms with Crippen molar-refractivity contribution >= 4 is 11.0 Å². The van der Waals surface area contributed by atoms with Gasteiger partial charge in [0.15, 0.2) is 6.61 Å². The summed E-state index contributed by atoms with van der Waals surface area (Å²) >= 11 is 0. The first-order valence-corrected chi connectivity index (χ1v) is 7.35. The van der Waals surface area contributed by atoms with E-state index in [0.717, 1.165) is 22.3 Å². The van der Waals surface area contributed by atoms with E-state index >= 15 is 0 Å². The molecule has 0 aliphatic carbocycles. The maximum absolute atomic E-state index is 12.4. The van der Waals surface area contributed by atoms with Crippen LogP contribution in [-0.2, 0) is 0 Å². The molecular weight excluding hydrogens is 306 g/mol. The molecule has 3 aromatic rings. The topological polar surface area (TPSA) is 72.5 Å². The fourth-order valence-corrected chi connectivity index (χ4v) is 2.63. The zero-order chi connectivity index (χ0) is 17.1. The Bertz CT molecular complexity index is 981. The molecule has 3 rings (SSSR count). The van der Waals surface area contributed by atoms with Crippen LogP contribution in [0.4, 0.5) is 0 Å². The number of ether oxygens (including phenoxy) is 2. The van der Waals surface area contributed by atoms with Crippen molar-refractivity contribution in [1.29, 1.82) is 5.26 Å². The van der Waals surface area contributed by atoms with Crippen LogP contribution < -0.4 is 15.1 Å². The average Bonchev–Trinajstić information content (AvgIpc) is 2.60. The number of hydrogen-bond acceptors (Lipinski definition) is 5. The summed E-state index contributed by atoms with van der Waals surface area (Å²) in [6.45, 7) is 1.83. The van der Waals surface area contributed by atoms with Crippen molar-refractivity contribution in [2.24, 2.45) is 0 Å². The van der Waals surface area contributed by atoms with Crippen LogP contribution in [0.15, 0.2) is 51.7 Å². The molecule has 0 atom stereocenters. The maximum Gasteiger partial charge on any atom is 0.344 e. The maximum atomic E-state index is 12.4. The minimum absolute atomic E-state index is 0.0569. The Labute approximate surface area is 138 Å². The SMILES string of the molecule is COc1ccc(-c2c(C)c3ccc(OCC#N)cc3oc2=O)cc1.